The van der Waals surface area contributed by atoms with Crippen molar-refractivity contribution in [3.63, 3.8) is 0 Å². The van der Waals surface area contributed by atoms with Crippen LogP contribution in [0.15, 0.2) is 36.5 Å². The van der Waals surface area contributed by atoms with Gasteiger partial charge in [0.05, 0.1) is 11.2 Å². The number of nitrogens with zero attached hydrogens (tertiary/aromatic N) is 4. The molecule has 1 aliphatic rings. The summed E-state index contributed by atoms with van der Waals surface area (Å²) in [5.41, 5.74) is 3.32. The molecule has 152 valence electrons. The second kappa shape index (κ2) is 7.51. The van der Waals surface area contributed by atoms with Crippen molar-refractivity contribution in [3.8, 4) is 0 Å². The van der Waals surface area contributed by atoms with Crippen LogP contribution in [0.25, 0.3) is 5.52 Å². The summed E-state index contributed by atoms with van der Waals surface area (Å²) in [5.74, 6) is -2.23. The monoisotopic (exact) mass is 399 g/mol. The van der Waals surface area contributed by atoms with E-state index in [-0.39, 0.29) is 24.6 Å². The topological polar surface area (TPSA) is 62.5 Å². The quantitative estimate of drug-likeness (QED) is 0.724. The lowest BCUT2D eigenvalue weighted by molar-refractivity contribution is -0.0567. The Morgan fingerprint density at radius 3 is 2.66 bits per heavy atom. The summed E-state index contributed by atoms with van der Waals surface area (Å²) >= 11 is 0. The zero-order valence-corrected chi connectivity index (χ0v) is 16.5. The zero-order valence-electron chi connectivity index (χ0n) is 16.5. The number of halogens is 2. The Balaban J connectivity index is 1.59. The third kappa shape index (κ3) is 4.27. The van der Waals surface area contributed by atoms with Crippen molar-refractivity contribution in [2.24, 2.45) is 0 Å². The van der Waals surface area contributed by atoms with E-state index in [0.717, 1.165) is 16.8 Å². The zero-order chi connectivity index (χ0) is 20.6. The lowest BCUT2D eigenvalue weighted by Crippen LogP contribution is -2.38. The van der Waals surface area contributed by atoms with E-state index in [0.29, 0.717) is 31.1 Å². The number of carbonyl (C=O) groups excluding carboxylic acids is 1. The van der Waals surface area contributed by atoms with Crippen LogP contribution in [0.1, 0.15) is 40.4 Å². The van der Waals surface area contributed by atoms with Crippen LogP contribution in [0.4, 0.5) is 14.6 Å². The maximum absolute atomic E-state index is 13.4. The number of pyridine rings is 2. The first kappa shape index (κ1) is 19.4. The van der Waals surface area contributed by atoms with Gasteiger partial charge in [-0.3, -0.25) is 14.1 Å². The van der Waals surface area contributed by atoms with Gasteiger partial charge in [-0.15, -0.1) is 0 Å². The number of rotatable bonds is 4. The lowest BCUT2D eigenvalue weighted by Gasteiger charge is -2.31. The highest BCUT2D eigenvalue weighted by Crippen LogP contribution is 2.29. The number of carbonyl (C=O) groups is 1. The fraction of sp³-hybridized carbons (Fsp3) is 0.381. The van der Waals surface area contributed by atoms with Gasteiger partial charge < -0.3 is 5.32 Å². The molecule has 0 atom stereocenters. The predicted molar refractivity (Wildman–Crippen MR) is 106 cm³/mol. The molecule has 4 rings (SSSR count). The molecule has 1 saturated heterocycles. The molecule has 0 spiro atoms. The summed E-state index contributed by atoms with van der Waals surface area (Å²) in [6, 6.07) is 9.31. The first-order valence-corrected chi connectivity index (χ1v) is 9.63. The minimum Gasteiger partial charge on any atom is -0.304 e. The molecule has 1 N–H and O–H groups in total. The van der Waals surface area contributed by atoms with E-state index in [4.69, 9.17) is 0 Å². The normalized spacial score (nSPS) is 16.8. The fourth-order valence-corrected chi connectivity index (χ4v) is 3.71. The summed E-state index contributed by atoms with van der Waals surface area (Å²) < 4.78 is 28.6. The number of hydrogen-bond acceptors (Lipinski definition) is 4. The Kier molecular flexibility index (Phi) is 5.04. The molecule has 3 aromatic heterocycles. The third-order valence-electron chi connectivity index (χ3n) is 5.13. The Morgan fingerprint density at radius 2 is 1.93 bits per heavy atom. The molecule has 1 aliphatic heterocycles. The largest absolute Gasteiger partial charge is 0.304 e. The van der Waals surface area contributed by atoms with Gasteiger partial charge in [0.1, 0.15) is 5.82 Å². The number of amides is 1. The molecule has 0 saturated carbocycles. The van der Waals surface area contributed by atoms with E-state index < -0.39 is 5.92 Å². The van der Waals surface area contributed by atoms with E-state index in [1.807, 2.05) is 43.0 Å². The molecule has 0 bridgehead atoms. The fourth-order valence-electron chi connectivity index (χ4n) is 3.71. The highest BCUT2D eigenvalue weighted by Gasteiger charge is 2.34. The van der Waals surface area contributed by atoms with E-state index in [1.54, 1.807) is 16.7 Å². The summed E-state index contributed by atoms with van der Waals surface area (Å²) in [4.78, 5) is 23.8. The number of fused-ring (bicyclic) bond motifs is 1. The van der Waals surface area contributed by atoms with Crippen molar-refractivity contribution in [1.29, 1.82) is 0 Å². The standard InChI is InChI=1S/C21H23F2N5O/c1-14-11-15(2)24-18(12-14)26-20(29)19-25-16(17-5-3-4-8-28(17)19)13-27-9-6-21(22,23)7-10-27/h3-5,8,11-12H,6-7,9-10,13H2,1-2H3,(H,24,26,29). The van der Waals surface area contributed by atoms with Gasteiger partial charge in [-0.2, -0.15) is 0 Å². The van der Waals surface area contributed by atoms with Crippen LogP contribution >= 0.6 is 0 Å². The minimum absolute atomic E-state index is 0.148. The van der Waals surface area contributed by atoms with Gasteiger partial charge in [0.2, 0.25) is 5.82 Å². The number of likely N-dealkylation sites (tertiary alicyclic amines) is 1. The molecular formula is C21H23F2N5O. The number of aromatic nitrogens is 3. The van der Waals surface area contributed by atoms with E-state index in [1.165, 1.54) is 0 Å². The van der Waals surface area contributed by atoms with Crippen molar-refractivity contribution in [2.75, 3.05) is 18.4 Å². The SMILES string of the molecule is Cc1cc(C)nc(NC(=O)c2nc(CN3CCC(F)(F)CC3)c3ccccn23)c1. The summed E-state index contributed by atoms with van der Waals surface area (Å²) in [6.07, 6.45) is 1.48. The summed E-state index contributed by atoms with van der Waals surface area (Å²) in [5, 5.41) is 2.81. The molecular weight excluding hydrogens is 376 g/mol. The number of alkyl halides is 2. The molecule has 1 fully saturated rings. The molecule has 0 aromatic carbocycles. The first-order valence-electron chi connectivity index (χ1n) is 9.63. The van der Waals surface area contributed by atoms with Crippen LogP contribution in [-0.2, 0) is 6.54 Å². The van der Waals surface area contributed by atoms with Crippen LogP contribution in [0, 0.1) is 13.8 Å². The van der Waals surface area contributed by atoms with Crippen molar-refractivity contribution in [3.05, 3.63) is 59.3 Å². The minimum atomic E-state index is -2.59. The molecule has 29 heavy (non-hydrogen) atoms. The Bertz CT molecular complexity index is 1030. The molecule has 0 unspecified atom stereocenters. The maximum atomic E-state index is 13.4. The number of aryl methyl sites for hydroxylation is 2. The molecule has 4 heterocycles. The second-order valence-electron chi connectivity index (χ2n) is 7.60. The highest BCUT2D eigenvalue weighted by atomic mass is 19.3. The van der Waals surface area contributed by atoms with Gasteiger partial charge in [0.25, 0.3) is 11.8 Å². The third-order valence-corrected chi connectivity index (χ3v) is 5.13. The average molecular weight is 399 g/mol. The predicted octanol–water partition coefficient (Wildman–Crippen LogP) is 3.83. The molecule has 6 nitrogen and oxygen atoms in total. The highest BCUT2D eigenvalue weighted by molar-refractivity contribution is 6.02. The number of piperidine rings is 1. The molecule has 0 aliphatic carbocycles. The van der Waals surface area contributed by atoms with Crippen LogP contribution in [0.2, 0.25) is 0 Å². The molecule has 3 aromatic rings. The molecule has 1 amide bonds. The van der Waals surface area contributed by atoms with Gasteiger partial charge >= 0.3 is 0 Å². The summed E-state index contributed by atoms with van der Waals surface area (Å²) in [6.45, 7) is 4.86. The number of anilines is 1. The van der Waals surface area contributed by atoms with Crippen LogP contribution in [0.5, 0.6) is 0 Å². The van der Waals surface area contributed by atoms with E-state index in [2.05, 4.69) is 15.3 Å². The van der Waals surface area contributed by atoms with Crippen molar-refractivity contribution < 1.29 is 13.6 Å². The molecule has 0 radical (unpaired) electrons. The first-order chi connectivity index (χ1) is 13.8. The van der Waals surface area contributed by atoms with Crippen molar-refractivity contribution >= 4 is 17.2 Å². The second-order valence-corrected chi connectivity index (χ2v) is 7.60. The van der Waals surface area contributed by atoms with Crippen LogP contribution < -0.4 is 5.32 Å². The Hall–Kier alpha value is -2.87. The van der Waals surface area contributed by atoms with Gasteiger partial charge in [0.15, 0.2) is 0 Å². The number of hydrogen-bond donors (Lipinski definition) is 1. The van der Waals surface area contributed by atoms with E-state index >= 15 is 0 Å². The van der Waals surface area contributed by atoms with Crippen molar-refractivity contribution in [2.45, 2.75) is 39.2 Å². The average Bonchev–Trinajstić information content (AvgIpc) is 3.01. The number of imidazole rings is 1. The Labute approximate surface area is 167 Å². The number of nitrogens with one attached hydrogen (secondary N) is 1. The van der Waals surface area contributed by atoms with Crippen LogP contribution in [0.3, 0.4) is 0 Å². The van der Waals surface area contributed by atoms with E-state index in [9.17, 15) is 13.6 Å². The van der Waals surface area contributed by atoms with Crippen LogP contribution in [-0.4, -0.2) is 44.2 Å². The lowest BCUT2D eigenvalue weighted by atomic mass is 10.1. The Morgan fingerprint density at radius 1 is 1.17 bits per heavy atom. The van der Waals surface area contributed by atoms with Gasteiger partial charge in [0, 0.05) is 44.4 Å². The van der Waals surface area contributed by atoms with Gasteiger partial charge in [-0.05, 0) is 43.7 Å². The maximum Gasteiger partial charge on any atom is 0.293 e. The summed E-state index contributed by atoms with van der Waals surface area (Å²) in [7, 11) is 0. The molecule has 8 heteroatoms. The van der Waals surface area contributed by atoms with Gasteiger partial charge in [-0.25, -0.2) is 18.7 Å². The van der Waals surface area contributed by atoms with Gasteiger partial charge in [-0.1, -0.05) is 6.07 Å². The van der Waals surface area contributed by atoms with Crippen molar-refractivity contribution in [1.82, 2.24) is 19.3 Å². The smallest absolute Gasteiger partial charge is 0.293 e.